The van der Waals surface area contributed by atoms with Gasteiger partial charge in [-0.25, -0.2) is 4.79 Å². The van der Waals surface area contributed by atoms with E-state index in [1.165, 1.54) is 23.1 Å². The molecule has 11 nitrogen and oxygen atoms in total. The van der Waals surface area contributed by atoms with Gasteiger partial charge in [-0.15, -0.1) is 10.2 Å². The van der Waals surface area contributed by atoms with Gasteiger partial charge in [0.25, 0.3) is 5.91 Å². The van der Waals surface area contributed by atoms with E-state index >= 15 is 0 Å². The molecular weight excluding hydrogens is 442 g/mol. The minimum absolute atomic E-state index is 0.0192. The molecule has 0 aliphatic heterocycles. The average molecular weight is 468 g/mol. The van der Waals surface area contributed by atoms with E-state index in [9.17, 15) is 14.4 Å². The number of benzene rings is 1. The molecule has 0 bridgehead atoms. The van der Waals surface area contributed by atoms with Gasteiger partial charge in [-0.1, -0.05) is 49.4 Å². The molecule has 13 heteroatoms. The number of rotatable bonds is 10. The lowest BCUT2D eigenvalue weighted by atomic mass is 9.99. The van der Waals surface area contributed by atoms with Crippen LogP contribution in [0.5, 0.6) is 5.75 Å². The number of anilines is 2. The van der Waals surface area contributed by atoms with Gasteiger partial charge in [-0.05, 0) is 18.1 Å². The zero-order valence-corrected chi connectivity index (χ0v) is 18.9. The minimum Gasteiger partial charge on any atom is -0.497 e. The van der Waals surface area contributed by atoms with Crippen molar-refractivity contribution < 1.29 is 19.1 Å². The molecule has 2 aromatic rings. The van der Waals surface area contributed by atoms with E-state index in [0.29, 0.717) is 21.6 Å². The van der Waals surface area contributed by atoms with Crippen LogP contribution in [0.15, 0.2) is 28.6 Å². The number of methoxy groups -OCH3 is 1. The fourth-order valence-corrected chi connectivity index (χ4v) is 3.94. The lowest BCUT2D eigenvalue weighted by Crippen LogP contribution is -2.55. The van der Waals surface area contributed by atoms with Gasteiger partial charge in [0.1, 0.15) is 11.8 Å². The second-order valence-electron chi connectivity index (χ2n) is 6.43. The number of nitrogens with one attached hydrogen (secondary N) is 4. The van der Waals surface area contributed by atoms with Gasteiger partial charge in [-0.3, -0.25) is 20.4 Å². The van der Waals surface area contributed by atoms with E-state index in [1.54, 1.807) is 14.0 Å². The summed E-state index contributed by atoms with van der Waals surface area (Å²) in [6.07, 6.45) is 0.644. The lowest BCUT2D eigenvalue weighted by molar-refractivity contribution is -0.129. The molecule has 0 saturated heterocycles. The van der Waals surface area contributed by atoms with Crippen molar-refractivity contribution in [2.24, 2.45) is 11.7 Å². The third-order valence-corrected chi connectivity index (χ3v) is 6.14. The Morgan fingerprint density at radius 2 is 2.03 bits per heavy atom. The van der Waals surface area contributed by atoms with Crippen LogP contribution < -0.4 is 32.0 Å². The third kappa shape index (κ3) is 7.94. The van der Waals surface area contributed by atoms with Gasteiger partial charge < -0.3 is 21.1 Å². The van der Waals surface area contributed by atoms with Crippen molar-refractivity contribution in [1.29, 1.82) is 0 Å². The van der Waals surface area contributed by atoms with Crippen molar-refractivity contribution >= 4 is 51.8 Å². The quantitative estimate of drug-likeness (QED) is 0.260. The van der Waals surface area contributed by atoms with Gasteiger partial charge in [0, 0.05) is 11.8 Å². The Morgan fingerprint density at radius 1 is 1.26 bits per heavy atom. The standard InChI is InChI=1S/C18H25N7O4S2/c1-4-10(2)14(21-16(19)28)15(27)23-22-13(26)9-30-18-25-24-17(31-18)20-11-6-5-7-12(8-11)29-3/h5-8,10,14H,4,9H2,1-3H3,(H,20,24)(H,22,26)(H,23,27)(H3,19,21,28). The highest BCUT2D eigenvalue weighted by Gasteiger charge is 2.25. The van der Waals surface area contributed by atoms with Crippen LogP contribution in [0, 0.1) is 5.92 Å². The zero-order valence-electron chi connectivity index (χ0n) is 17.3. The first-order valence-corrected chi connectivity index (χ1v) is 11.1. The number of ether oxygens (including phenoxy) is 1. The number of carbonyl (C=O) groups excluding carboxylic acids is 3. The van der Waals surface area contributed by atoms with Crippen LogP contribution in [0.25, 0.3) is 0 Å². The third-order valence-electron chi connectivity index (χ3n) is 4.17. The summed E-state index contributed by atoms with van der Waals surface area (Å²) in [7, 11) is 1.59. The molecule has 2 rings (SSSR count). The van der Waals surface area contributed by atoms with Crippen molar-refractivity contribution in [3.8, 4) is 5.75 Å². The Labute approximate surface area is 187 Å². The molecule has 2 atom stereocenters. The zero-order chi connectivity index (χ0) is 22.8. The largest absolute Gasteiger partial charge is 0.497 e. The molecule has 1 aromatic carbocycles. The molecule has 0 spiro atoms. The SMILES string of the molecule is CCC(C)C(NC(N)=O)C(=O)NNC(=O)CSc1nnc(Nc2cccc(OC)c2)s1. The molecule has 2 unspecified atom stereocenters. The lowest BCUT2D eigenvalue weighted by Gasteiger charge is -2.22. The molecule has 0 radical (unpaired) electrons. The highest BCUT2D eigenvalue weighted by Crippen LogP contribution is 2.28. The Balaban J connectivity index is 1.80. The van der Waals surface area contributed by atoms with Gasteiger partial charge in [0.15, 0.2) is 4.34 Å². The number of nitrogens with two attached hydrogens (primary N) is 1. The first-order chi connectivity index (χ1) is 14.8. The summed E-state index contributed by atoms with van der Waals surface area (Å²) in [6.45, 7) is 3.67. The molecule has 31 heavy (non-hydrogen) atoms. The molecule has 0 fully saturated rings. The van der Waals surface area contributed by atoms with E-state index in [-0.39, 0.29) is 11.7 Å². The highest BCUT2D eigenvalue weighted by molar-refractivity contribution is 8.01. The summed E-state index contributed by atoms with van der Waals surface area (Å²) in [4.78, 5) is 35.4. The second kappa shape index (κ2) is 12.0. The maximum absolute atomic E-state index is 12.2. The van der Waals surface area contributed by atoms with E-state index in [0.717, 1.165) is 5.69 Å². The monoisotopic (exact) mass is 467 g/mol. The Hall–Kier alpha value is -3.06. The molecular formula is C18H25N7O4S2. The Morgan fingerprint density at radius 3 is 2.71 bits per heavy atom. The molecule has 1 aromatic heterocycles. The molecule has 6 N–H and O–H groups in total. The van der Waals surface area contributed by atoms with Crippen molar-refractivity contribution in [2.45, 2.75) is 30.6 Å². The van der Waals surface area contributed by atoms with Crippen LogP contribution in [0.1, 0.15) is 20.3 Å². The normalized spacial score (nSPS) is 12.4. The molecule has 0 saturated carbocycles. The van der Waals surface area contributed by atoms with Crippen molar-refractivity contribution in [3.63, 3.8) is 0 Å². The summed E-state index contributed by atoms with van der Waals surface area (Å²) < 4.78 is 5.76. The van der Waals surface area contributed by atoms with Gasteiger partial charge in [0.05, 0.1) is 12.9 Å². The molecule has 4 amide bonds. The van der Waals surface area contributed by atoms with Crippen LogP contribution in [0.2, 0.25) is 0 Å². The van der Waals surface area contributed by atoms with Crippen molar-refractivity contribution in [1.82, 2.24) is 26.4 Å². The van der Waals surface area contributed by atoms with Crippen molar-refractivity contribution in [3.05, 3.63) is 24.3 Å². The maximum atomic E-state index is 12.2. The fraction of sp³-hybridized carbons (Fsp3) is 0.389. The summed E-state index contributed by atoms with van der Waals surface area (Å²) >= 11 is 2.46. The number of carbonyl (C=O) groups is 3. The predicted molar refractivity (Wildman–Crippen MR) is 119 cm³/mol. The van der Waals surface area contributed by atoms with Gasteiger partial charge in [-0.2, -0.15) is 0 Å². The maximum Gasteiger partial charge on any atom is 0.312 e. The first kappa shape index (κ1) is 24.2. The smallest absolute Gasteiger partial charge is 0.312 e. The number of hydrogen-bond donors (Lipinski definition) is 5. The van der Waals surface area contributed by atoms with Crippen molar-refractivity contribution in [2.75, 3.05) is 18.2 Å². The fourth-order valence-electron chi connectivity index (χ4n) is 2.37. The number of aromatic nitrogens is 2. The number of thioether (sulfide) groups is 1. The van der Waals surface area contributed by atoms with Crippen LogP contribution in [0.3, 0.4) is 0 Å². The molecule has 168 valence electrons. The van der Waals surface area contributed by atoms with Crippen LogP contribution in [-0.2, 0) is 9.59 Å². The number of urea groups is 1. The summed E-state index contributed by atoms with van der Waals surface area (Å²) in [5.41, 5.74) is 10.5. The van der Waals surface area contributed by atoms with Crippen LogP contribution in [0.4, 0.5) is 15.6 Å². The van der Waals surface area contributed by atoms with Crippen LogP contribution >= 0.6 is 23.1 Å². The summed E-state index contributed by atoms with van der Waals surface area (Å²) in [6, 6.07) is 5.72. The number of hydrazine groups is 1. The van der Waals surface area contributed by atoms with E-state index in [4.69, 9.17) is 10.5 Å². The van der Waals surface area contributed by atoms with Crippen LogP contribution in [-0.4, -0.2) is 46.9 Å². The molecule has 0 aliphatic rings. The highest BCUT2D eigenvalue weighted by atomic mass is 32.2. The predicted octanol–water partition coefficient (Wildman–Crippen LogP) is 1.61. The van der Waals surface area contributed by atoms with Gasteiger partial charge in [0.2, 0.25) is 11.0 Å². The average Bonchev–Trinajstić information content (AvgIpc) is 3.21. The number of nitrogens with zero attached hydrogens (tertiary/aromatic N) is 2. The van der Waals surface area contributed by atoms with E-state index in [2.05, 4.69) is 31.7 Å². The number of amides is 4. The second-order valence-corrected chi connectivity index (χ2v) is 8.63. The van der Waals surface area contributed by atoms with E-state index in [1.807, 2.05) is 31.2 Å². The minimum atomic E-state index is -0.844. The Bertz CT molecular complexity index is 909. The summed E-state index contributed by atoms with van der Waals surface area (Å²) in [5.74, 6) is -0.407. The number of hydrogen-bond acceptors (Lipinski definition) is 9. The molecule has 1 heterocycles. The van der Waals surface area contributed by atoms with Gasteiger partial charge >= 0.3 is 6.03 Å². The Kier molecular flexibility index (Phi) is 9.34. The topological polar surface area (TPSA) is 160 Å². The first-order valence-electron chi connectivity index (χ1n) is 9.34. The molecule has 0 aliphatic carbocycles. The van der Waals surface area contributed by atoms with E-state index < -0.39 is 23.9 Å². The summed E-state index contributed by atoms with van der Waals surface area (Å²) in [5, 5.41) is 14.1. The number of primary amides is 1.